The Morgan fingerprint density at radius 3 is 3.12 bits per heavy atom. The summed E-state index contributed by atoms with van der Waals surface area (Å²) in [7, 11) is 2.01. The topological polar surface area (TPSA) is 39.1 Å². The van der Waals surface area contributed by atoms with Gasteiger partial charge in [0, 0.05) is 19.3 Å². The summed E-state index contributed by atoms with van der Waals surface area (Å²) in [5, 5.41) is 7.72. The summed E-state index contributed by atoms with van der Waals surface area (Å²) in [5.41, 5.74) is 1.27. The molecule has 0 aromatic carbocycles. The fourth-order valence-electron chi connectivity index (χ4n) is 2.55. The second-order valence-corrected chi connectivity index (χ2v) is 4.64. The molecule has 4 nitrogen and oxygen atoms in total. The zero-order chi connectivity index (χ0) is 12.1. The number of hydrogen-bond donors (Lipinski definition) is 1. The number of rotatable bonds is 5. The first-order chi connectivity index (χ1) is 8.35. The first-order valence-electron chi connectivity index (χ1n) is 6.65. The van der Waals surface area contributed by atoms with Crippen molar-refractivity contribution in [1.29, 1.82) is 0 Å². The van der Waals surface area contributed by atoms with Crippen molar-refractivity contribution in [3.05, 3.63) is 18.0 Å². The molecule has 0 radical (unpaired) electrons. The highest BCUT2D eigenvalue weighted by molar-refractivity contribution is 5.07. The van der Waals surface area contributed by atoms with Gasteiger partial charge in [-0.1, -0.05) is 0 Å². The fourth-order valence-corrected chi connectivity index (χ4v) is 2.55. The summed E-state index contributed by atoms with van der Waals surface area (Å²) in [5.74, 6) is 0. The number of nitrogens with zero attached hydrogens (tertiary/aromatic N) is 2. The number of aryl methyl sites for hydroxylation is 1. The summed E-state index contributed by atoms with van der Waals surface area (Å²) < 4.78 is 7.87. The van der Waals surface area contributed by atoms with Crippen LogP contribution in [0, 0.1) is 0 Å². The van der Waals surface area contributed by atoms with Gasteiger partial charge in [0.25, 0.3) is 0 Å². The molecule has 2 heterocycles. The molecule has 2 rings (SSSR count). The van der Waals surface area contributed by atoms with Crippen LogP contribution in [0.5, 0.6) is 0 Å². The molecule has 1 aromatic heterocycles. The number of hydrogen-bond acceptors (Lipinski definition) is 3. The van der Waals surface area contributed by atoms with Gasteiger partial charge in [-0.25, -0.2) is 0 Å². The van der Waals surface area contributed by atoms with E-state index >= 15 is 0 Å². The molecular formula is C13H23N3O. The average molecular weight is 237 g/mol. The largest absolute Gasteiger partial charge is 0.378 e. The molecule has 17 heavy (non-hydrogen) atoms. The van der Waals surface area contributed by atoms with E-state index < -0.39 is 0 Å². The van der Waals surface area contributed by atoms with Crippen LogP contribution in [0.1, 0.15) is 44.3 Å². The van der Waals surface area contributed by atoms with E-state index in [0.29, 0.717) is 12.1 Å². The van der Waals surface area contributed by atoms with Gasteiger partial charge in [0.05, 0.1) is 17.8 Å². The van der Waals surface area contributed by atoms with Crippen molar-refractivity contribution in [2.24, 2.45) is 0 Å². The van der Waals surface area contributed by atoms with Gasteiger partial charge < -0.3 is 10.1 Å². The minimum Gasteiger partial charge on any atom is -0.378 e. The summed E-state index contributed by atoms with van der Waals surface area (Å²) in [4.78, 5) is 0. The number of aromatic nitrogens is 2. The Morgan fingerprint density at radius 2 is 2.47 bits per heavy atom. The van der Waals surface area contributed by atoms with E-state index in [1.807, 2.05) is 13.2 Å². The van der Waals surface area contributed by atoms with Crippen molar-refractivity contribution in [2.75, 3.05) is 13.7 Å². The maximum atomic E-state index is 5.81. The lowest BCUT2D eigenvalue weighted by Crippen LogP contribution is -2.28. The zero-order valence-electron chi connectivity index (χ0n) is 10.9. The molecule has 1 aromatic rings. The van der Waals surface area contributed by atoms with Gasteiger partial charge in [0.2, 0.25) is 0 Å². The smallest absolute Gasteiger partial charge is 0.0593 e. The van der Waals surface area contributed by atoms with Crippen LogP contribution in [0.25, 0.3) is 0 Å². The molecule has 0 aliphatic carbocycles. The normalized spacial score (nSPS) is 22.6. The second kappa shape index (κ2) is 6.17. The van der Waals surface area contributed by atoms with Gasteiger partial charge >= 0.3 is 0 Å². The van der Waals surface area contributed by atoms with E-state index in [1.165, 1.54) is 25.0 Å². The lowest BCUT2D eigenvalue weighted by molar-refractivity contribution is 0.00498. The van der Waals surface area contributed by atoms with Gasteiger partial charge in [0.1, 0.15) is 0 Å². The van der Waals surface area contributed by atoms with Crippen molar-refractivity contribution < 1.29 is 4.74 Å². The van der Waals surface area contributed by atoms with Crippen LogP contribution in [0.4, 0.5) is 0 Å². The second-order valence-electron chi connectivity index (χ2n) is 4.64. The lowest BCUT2D eigenvalue weighted by atomic mass is 10.00. The van der Waals surface area contributed by atoms with Crippen LogP contribution < -0.4 is 5.32 Å². The molecule has 1 N–H and O–H groups in total. The Bertz CT molecular complexity index is 331. The molecule has 0 amide bonds. The lowest BCUT2D eigenvalue weighted by Gasteiger charge is -2.27. The molecule has 0 bridgehead atoms. The number of ether oxygens (including phenoxy) is 1. The van der Waals surface area contributed by atoms with Crippen LogP contribution >= 0.6 is 0 Å². The van der Waals surface area contributed by atoms with E-state index in [4.69, 9.17) is 4.74 Å². The van der Waals surface area contributed by atoms with Crippen molar-refractivity contribution in [1.82, 2.24) is 15.1 Å². The van der Waals surface area contributed by atoms with E-state index in [1.54, 1.807) is 0 Å². The van der Waals surface area contributed by atoms with E-state index in [-0.39, 0.29) is 0 Å². The maximum absolute atomic E-state index is 5.81. The minimum atomic E-state index is 0.348. The van der Waals surface area contributed by atoms with Crippen molar-refractivity contribution in [3.8, 4) is 0 Å². The van der Waals surface area contributed by atoms with Crippen LogP contribution in [-0.4, -0.2) is 29.5 Å². The first-order valence-corrected chi connectivity index (χ1v) is 6.65. The van der Waals surface area contributed by atoms with E-state index in [0.717, 1.165) is 19.6 Å². The molecule has 1 aliphatic heterocycles. The average Bonchev–Trinajstić information content (AvgIpc) is 2.85. The van der Waals surface area contributed by atoms with Crippen LogP contribution in [0.3, 0.4) is 0 Å². The standard InChI is InChI=1S/C13H23N3O/c1-3-16-13(7-8-15-16)12(14-2)10-11-6-4-5-9-17-11/h7-8,11-12,14H,3-6,9-10H2,1-2H3. The highest BCUT2D eigenvalue weighted by Crippen LogP contribution is 2.24. The monoisotopic (exact) mass is 237 g/mol. The van der Waals surface area contributed by atoms with Gasteiger partial charge in [-0.2, -0.15) is 5.10 Å². The van der Waals surface area contributed by atoms with Crippen LogP contribution in [-0.2, 0) is 11.3 Å². The summed E-state index contributed by atoms with van der Waals surface area (Å²) >= 11 is 0. The van der Waals surface area contributed by atoms with Crippen molar-refractivity contribution >= 4 is 0 Å². The van der Waals surface area contributed by atoms with Gasteiger partial charge in [-0.3, -0.25) is 4.68 Å². The minimum absolute atomic E-state index is 0.348. The summed E-state index contributed by atoms with van der Waals surface area (Å²) in [6.07, 6.45) is 7.04. The fraction of sp³-hybridized carbons (Fsp3) is 0.769. The third-order valence-corrected chi connectivity index (χ3v) is 3.53. The summed E-state index contributed by atoms with van der Waals surface area (Å²) in [6.45, 7) is 3.97. The highest BCUT2D eigenvalue weighted by atomic mass is 16.5. The molecule has 1 saturated heterocycles. The first kappa shape index (κ1) is 12.6. The molecular weight excluding hydrogens is 214 g/mol. The van der Waals surface area contributed by atoms with Crippen molar-refractivity contribution in [3.63, 3.8) is 0 Å². The predicted octanol–water partition coefficient (Wildman–Crippen LogP) is 2.12. The van der Waals surface area contributed by atoms with Crippen molar-refractivity contribution in [2.45, 2.75) is 51.3 Å². The molecule has 0 saturated carbocycles. The third kappa shape index (κ3) is 3.07. The molecule has 1 aliphatic rings. The van der Waals surface area contributed by atoms with Crippen LogP contribution in [0.15, 0.2) is 12.3 Å². The molecule has 4 heteroatoms. The Balaban J connectivity index is 2.00. The van der Waals surface area contributed by atoms with E-state index in [2.05, 4.69) is 28.1 Å². The Morgan fingerprint density at radius 1 is 1.59 bits per heavy atom. The third-order valence-electron chi connectivity index (χ3n) is 3.53. The van der Waals surface area contributed by atoms with Gasteiger partial charge in [-0.05, 0) is 45.7 Å². The van der Waals surface area contributed by atoms with Gasteiger partial charge in [0.15, 0.2) is 0 Å². The zero-order valence-corrected chi connectivity index (χ0v) is 10.9. The van der Waals surface area contributed by atoms with Gasteiger partial charge in [-0.15, -0.1) is 0 Å². The summed E-state index contributed by atoms with van der Waals surface area (Å²) in [6, 6.07) is 2.45. The highest BCUT2D eigenvalue weighted by Gasteiger charge is 2.21. The quantitative estimate of drug-likeness (QED) is 0.852. The Kier molecular flexibility index (Phi) is 4.57. The molecule has 0 spiro atoms. The maximum Gasteiger partial charge on any atom is 0.0593 e. The molecule has 96 valence electrons. The molecule has 1 fully saturated rings. The Labute approximate surface area is 103 Å². The molecule has 2 unspecified atom stereocenters. The molecule has 2 atom stereocenters. The Hall–Kier alpha value is -0.870. The van der Waals surface area contributed by atoms with E-state index in [9.17, 15) is 0 Å². The SMILES string of the molecule is CCn1nccc1C(CC1CCCCO1)NC. The number of nitrogens with one attached hydrogen (secondary N) is 1. The van der Waals surface area contributed by atoms with Crippen LogP contribution in [0.2, 0.25) is 0 Å². The predicted molar refractivity (Wildman–Crippen MR) is 67.9 cm³/mol.